The molecule has 8 heteroatoms. The monoisotopic (exact) mass is 448 g/mol. The number of amides is 2. The van der Waals surface area contributed by atoms with Crippen molar-refractivity contribution in [2.75, 3.05) is 44.6 Å². The zero-order valence-electron chi connectivity index (χ0n) is 17.0. The number of nitrogens with zero attached hydrogens (tertiary/aromatic N) is 2. The van der Waals surface area contributed by atoms with Crippen molar-refractivity contribution < 1.29 is 9.59 Å². The molecule has 2 N–H and O–H groups in total. The Balaban J connectivity index is 1.44. The van der Waals surface area contributed by atoms with Crippen LogP contribution in [0.4, 0.5) is 5.69 Å². The summed E-state index contributed by atoms with van der Waals surface area (Å²) in [5.41, 5.74) is 2.18. The van der Waals surface area contributed by atoms with Crippen molar-refractivity contribution in [3.63, 3.8) is 0 Å². The van der Waals surface area contributed by atoms with Crippen LogP contribution in [0.25, 0.3) is 0 Å². The van der Waals surface area contributed by atoms with Crippen LogP contribution in [0.3, 0.4) is 0 Å². The molecule has 160 valence electrons. The molecule has 0 aromatic heterocycles. The molecule has 2 amide bonds. The summed E-state index contributed by atoms with van der Waals surface area (Å²) in [4.78, 5) is 29.2. The van der Waals surface area contributed by atoms with Gasteiger partial charge in [-0.3, -0.25) is 14.5 Å². The Morgan fingerprint density at radius 3 is 2.27 bits per heavy atom. The van der Waals surface area contributed by atoms with E-state index in [0.717, 1.165) is 39.3 Å². The molecule has 1 aliphatic heterocycles. The van der Waals surface area contributed by atoms with Gasteiger partial charge in [-0.1, -0.05) is 42.3 Å². The van der Waals surface area contributed by atoms with Gasteiger partial charge in [0.2, 0.25) is 5.91 Å². The van der Waals surface area contributed by atoms with Crippen LogP contribution in [0.15, 0.2) is 42.5 Å². The number of rotatable bonds is 7. The van der Waals surface area contributed by atoms with Crippen LogP contribution in [-0.4, -0.2) is 60.9 Å². The summed E-state index contributed by atoms with van der Waals surface area (Å²) < 4.78 is 0. The third-order valence-corrected chi connectivity index (χ3v) is 5.69. The van der Waals surface area contributed by atoms with Gasteiger partial charge in [-0.2, -0.15) is 0 Å². The van der Waals surface area contributed by atoms with E-state index in [1.807, 2.05) is 24.3 Å². The second-order valence-electron chi connectivity index (χ2n) is 7.26. The van der Waals surface area contributed by atoms with E-state index < -0.39 is 5.91 Å². The predicted octanol–water partition coefficient (Wildman–Crippen LogP) is 3.50. The summed E-state index contributed by atoms with van der Waals surface area (Å²) in [7, 11) is 0. The molecule has 1 saturated heterocycles. The summed E-state index contributed by atoms with van der Waals surface area (Å²) >= 11 is 11.8. The number of benzene rings is 2. The standard InChI is InChI=1S/C22H26Cl2N4O2/c1-2-27-9-11-28(12-10-27)15-16-3-6-18(7-4-16)26-21(29)14-25-22(30)19-8-5-17(23)13-20(19)24/h3-8,13H,2,9-12,14-15H2,1H3,(H,25,30)(H,26,29). The molecule has 2 aromatic rings. The number of carbonyl (C=O) groups is 2. The first-order chi connectivity index (χ1) is 14.4. The number of likely N-dealkylation sites (N-methyl/N-ethyl adjacent to an activating group) is 1. The van der Waals surface area contributed by atoms with Crippen molar-refractivity contribution in [3.05, 3.63) is 63.6 Å². The number of piperazine rings is 1. The molecule has 1 aliphatic rings. The number of nitrogens with one attached hydrogen (secondary N) is 2. The molecule has 3 rings (SSSR count). The number of hydrogen-bond donors (Lipinski definition) is 2. The minimum absolute atomic E-state index is 0.152. The SMILES string of the molecule is CCN1CCN(Cc2ccc(NC(=O)CNC(=O)c3ccc(Cl)cc3Cl)cc2)CC1. The Hall–Kier alpha value is -2.12. The lowest BCUT2D eigenvalue weighted by Crippen LogP contribution is -2.45. The molecule has 0 saturated carbocycles. The first-order valence-corrected chi connectivity index (χ1v) is 10.8. The van der Waals surface area contributed by atoms with Gasteiger partial charge in [0.15, 0.2) is 0 Å². The maximum Gasteiger partial charge on any atom is 0.253 e. The fourth-order valence-electron chi connectivity index (χ4n) is 3.35. The molecule has 0 spiro atoms. The largest absolute Gasteiger partial charge is 0.343 e. The zero-order chi connectivity index (χ0) is 21.5. The highest BCUT2D eigenvalue weighted by Gasteiger charge is 2.16. The van der Waals surface area contributed by atoms with Crippen LogP contribution >= 0.6 is 23.2 Å². The van der Waals surface area contributed by atoms with Gasteiger partial charge < -0.3 is 15.5 Å². The minimum atomic E-state index is -0.426. The average Bonchev–Trinajstić information content (AvgIpc) is 2.74. The van der Waals surface area contributed by atoms with Crippen LogP contribution in [0, 0.1) is 0 Å². The molecule has 0 unspecified atom stereocenters. The summed E-state index contributed by atoms with van der Waals surface area (Å²) in [5.74, 6) is -0.734. The molecule has 2 aromatic carbocycles. The molecule has 6 nitrogen and oxygen atoms in total. The van der Waals surface area contributed by atoms with Crippen molar-refractivity contribution in [2.45, 2.75) is 13.5 Å². The smallest absolute Gasteiger partial charge is 0.253 e. The number of anilines is 1. The lowest BCUT2D eigenvalue weighted by Gasteiger charge is -2.34. The van der Waals surface area contributed by atoms with Crippen molar-refractivity contribution in [1.82, 2.24) is 15.1 Å². The van der Waals surface area contributed by atoms with E-state index in [4.69, 9.17) is 23.2 Å². The van der Waals surface area contributed by atoms with Gasteiger partial charge in [0.25, 0.3) is 5.91 Å². The second kappa shape index (κ2) is 10.8. The van der Waals surface area contributed by atoms with E-state index in [-0.39, 0.29) is 23.0 Å². The fraction of sp³-hybridized carbons (Fsp3) is 0.364. The summed E-state index contributed by atoms with van der Waals surface area (Å²) in [6.07, 6.45) is 0. The molecule has 0 atom stereocenters. The summed E-state index contributed by atoms with van der Waals surface area (Å²) in [6.45, 7) is 8.42. The van der Waals surface area contributed by atoms with E-state index >= 15 is 0 Å². The highest BCUT2D eigenvalue weighted by Crippen LogP contribution is 2.20. The zero-order valence-corrected chi connectivity index (χ0v) is 18.5. The Kier molecular flexibility index (Phi) is 8.10. The van der Waals surface area contributed by atoms with Crippen LogP contribution in [0.2, 0.25) is 10.0 Å². The normalized spacial score (nSPS) is 15.0. The Labute approximate surface area is 187 Å². The van der Waals surface area contributed by atoms with E-state index in [1.54, 1.807) is 6.07 Å². The molecular weight excluding hydrogens is 423 g/mol. The van der Waals surface area contributed by atoms with Crippen LogP contribution < -0.4 is 10.6 Å². The summed E-state index contributed by atoms with van der Waals surface area (Å²) in [6, 6.07) is 12.4. The minimum Gasteiger partial charge on any atom is -0.343 e. The molecule has 0 aliphatic carbocycles. The maximum absolute atomic E-state index is 12.2. The van der Waals surface area contributed by atoms with Crippen molar-refractivity contribution in [2.24, 2.45) is 0 Å². The van der Waals surface area contributed by atoms with Gasteiger partial charge in [-0.15, -0.1) is 0 Å². The highest BCUT2D eigenvalue weighted by molar-refractivity contribution is 6.36. The average molecular weight is 449 g/mol. The third-order valence-electron chi connectivity index (χ3n) is 5.14. The molecular formula is C22H26Cl2N4O2. The van der Waals surface area contributed by atoms with E-state index in [1.165, 1.54) is 17.7 Å². The highest BCUT2D eigenvalue weighted by atomic mass is 35.5. The molecule has 0 radical (unpaired) electrons. The molecule has 30 heavy (non-hydrogen) atoms. The fourth-order valence-corrected chi connectivity index (χ4v) is 3.84. The van der Waals surface area contributed by atoms with E-state index in [0.29, 0.717) is 10.7 Å². The predicted molar refractivity (Wildman–Crippen MR) is 121 cm³/mol. The van der Waals surface area contributed by atoms with Gasteiger partial charge in [0.1, 0.15) is 0 Å². The first-order valence-electron chi connectivity index (χ1n) is 10.0. The van der Waals surface area contributed by atoms with Gasteiger partial charge in [0, 0.05) is 43.4 Å². The lowest BCUT2D eigenvalue weighted by molar-refractivity contribution is -0.115. The van der Waals surface area contributed by atoms with E-state index in [2.05, 4.69) is 27.4 Å². The Morgan fingerprint density at radius 1 is 0.967 bits per heavy atom. The van der Waals surface area contributed by atoms with E-state index in [9.17, 15) is 9.59 Å². The van der Waals surface area contributed by atoms with Gasteiger partial charge in [0.05, 0.1) is 17.1 Å². The van der Waals surface area contributed by atoms with Crippen molar-refractivity contribution in [3.8, 4) is 0 Å². The van der Waals surface area contributed by atoms with Crippen LogP contribution in [-0.2, 0) is 11.3 Å². The second-order valence-corrected chi connectivity index (χ2v) is 8.11. The maximum atomic E-state index is 12.2. The molecule has 1 fully saturated rings. The Bertz CT molecular complexity index is 881. The lowest BCUT2D eigenvalue weighted by atomic mass is 10.1. The third kappa shape index (κ3) is 6.44. The molecule has 1 heterocycles. The van der Waals surface area contributed by atoms with Gasteiger partial charge in [-0.25, -0.2) is 0 Å². The quantitative estimate of drug-likeness (QED) is 0.679. The van der Waals surface area contributed by atoms with Crippen molar-refractivity contribution >= 4 is 40.7 Å². The molecule has 0 bridgehead atoms. The van der Waals surface area contributed by atoms with Gasteiger partial charge in [-0.05, 0) is 42.4 Å². The van der Waals surface area contributed by atoms with Gasteiger partial charge >= 0.3 is 0 Å². The topological polar surface area (TPSA) is 64.7 Å². The first kappa shape index (κ1) is 22.6. The van der Waals surface area contributed by atoms with Crippen LogP contribution in [0.1, 0.15) is 22.8 Å². The van der Waals surface area contributed by atoms with Crippen molar-refractivity contribution in [1.29, 1.82) is 0 Å². The number of hydrogen-bond acceptors (Lipinski definition) is 4. The number of carbonyl (C=O) groups excluding carboxylic acids is 2. The summed E-state index contributed by atoms with van der Waals surface area (Å²) in [5, 5.41) is 6.04. The Morgan fingerprint density at radius 2 is 1.63 bits per heavy atom. The number of halogens is 2. The van der Waals surface area contributed by atoms with Crippen LogP contribution in [0.5, 0.6) is 0 Å².